The predicted molar refractivity (Wildman–Crippen MR) is 106 cm³/mol. The van der Waals surface area contributed by atoms with E-state index in [1.807, 2.05) is 26.0 Å². The van der Waals surface area contributed by atoms with Crippen molar-refractivity contribution in [3.05, 3.63) is 70.0 Å². The fourth-order valence-corrected chi connectivity index (χ4v) is 3.07. The van der Waals surface area contributed by atoms with E-state index >= 15 is 0 Å². The molecule has 1 heterocycles. The van der Waals surface area contributed by atoms with Crippen LogP contribution in [0.15, 0.2) is 53.1 Å². The van der Waals surface area contributed by atoms with Crippen LogP contribution < -0.4 is 5.32 Å². The summed E-state index contributed by atoms with van der Waals surface area (Å²) in [7, 11) is 0. The second-order valence-electron chi connectivity index (χ2n) is 6.28. The first kappa shape index (κ1) is 19.4. The van der Waals surface area contributed by atoms with Crippen LogP contribution in [0.3, 0.4) is 0 Å². The summed E-state index contributed by atoms with van der Waals surface area (Å²) in [5.74, 6) is 0.574. The Labute approximate surface area is 167 Å². The first-order chi connectivity index (χ1) is 13.0. The smallest absolute Gasteiger partial charge is 0.253 e. The monoisotopic (exact) mass is 403 g/mol. The van der Waals surface area contributed by atoms with Crippen molar-refractivity contribution in [3.63, 3.8) is 0 Å². The van der Waals surface area contributed by atoms with Crippen molar-refractivity contribution in [3.8, 4) is 11.4 Å². The number of benzene rings is 2. The average Bonchev–Trinajstić information content (AvgIpc) is 3.15. The molecule has 140 valence electrons. The molecule has 1 aromatic heterocycles. The Balaban J connectivity index is 1.88. The Hall–Kier alpha value is -2.37. The minimum absolute atomic E-state index is 0.0871. The molecule has 0 unspecified atom stereocenters. The third kappa shape index (κ3) is 4.49. The van der Waals surface area contributed by atoms with Crippen LogP contribution in [-0.2, 0) is 0 Å². The van der Waals surface area contributed by atoms with Gasteiger partial charge in [-0.2, -0.15) is 4.98 Å². The summed E-state index contributed by atoms with van der Waals surface area (Å²) in [6.45, 7) is 4.05. The van der Waals surface area contributed by atoms with Gasteiger partial charge < -0.3 is 9.84 Å². The van der Waals surface area contributed by atoms with E-state index in [9.17, 15) is 4.79 Å². The van der Waals surface area contributed by atoms with Crippen LogP contribution in [0.25, 0.3) is 11.4 Å². The number of rotatable bonds is 6. The van der Waals surface area contributed by atoms with Gasteiger partial charge in [0, 0.05) is 10.6 Å². The molecule has 0 radical (unpaired) electrons. The molecule has 27 heavy (non-hydrogen) atoms. The number of nitrogens with zero attached hydrogens (tertiary/aromatic N) is 2. The van der Waals surface area contributed by atoms with E-state index in [0.29, 0.717) is 27.3 Å². The molecule has 0 aliphatic heterocycles. The van der Waals surface area contributed by atoms with Crippen molar-refractivity contribution in [1.82, 2.24) is 15.5 Å². The Bertz CT molecular complexity index is 942. The van der Waals surface area contributed by atoms with Crippen molar-refractivity contribution in [2.45, 2.75) is 26.3 Å². The molecule has 0 aliphatic rings. The molecule has 1 amide bonds. The fraction of sp³-hybridized carbons (Fsp3) is 0.250. The third-order valence-corrected chi connectivity index (χ3v) is 4.97. The van der Waals surface area contributed by atoms with Gasteiger partial charge in [-0.15, -0.1) is 0 Å². The van der Waals surface area contributed by atoms with Crippen molar-refractivity contribution in [2.75, 3.05) is 0 Å². The van der Waals surface area contributed by atoms with Crippen LogP contribution in [0.2, 0.25) is 10.0 Å². The summed E-state index contributed by atoms with van der Waals surface area (Å²) in [4.78, 5) is 17.2. The zero-order valence-electron chi connectivity index (χ0n) is 14.9. The molecule has 1 N–H and O–H groups in total. The lowest BCUT2D eigenvalue weighted by Gasteiger charge is -2.21. The molecule has 3 aromatic rings. The minimum atomic E-state index is -0.431. The maximum atomic E-state index is 12.7. The molecule has 0 spiro atoms. The van der Waals surface area contributed by atoms with Crippen LogP contribution in [-0.4, -0.2) is 16.0 Å². The molecule has 0 fully saturated rings. The van der Waals surface area contributed by atoms with Gasteiger partial charge in [-0.25, -0.2) is 0 Å². The highest BCUT2D eigenvalue weighted by Crippen LogP contribution is 2.27. The Morgan fingerprint density at radius 3 is 2.67 bits per heavy atom. The molecule has 5 nitrogen and oxygen atoms in total. The zero-order valence-corrected chi connectivity index (χ0v) is 16.5. The second kappa shape index (κ2) is 8.55. The van der Waals surface area contributed by atoms with E-state index in [4.69, 9.17) is 27.7 Å². The number of amides is 1. The second-order valence-corrected chi connectivity index (χ2v) is 7.13. The largest absolute Gasteiger partial charge is 0.340 e. The van der Waals surface area contributed by atoms with Gasteiger partial charge in [0.2, 0.25) is 11.7 Å². The Morgan fingerprint density at radius 1 is 1.19 bits per heavy atom. The highest BCUT2D eigenvalue weighted by Gasteiger charge is 2.27. The molecule has 2 atom stereocenters. The lowest BCUT2D eigenvalue weighted by Crippen LogP contribution is -2.33. The zero-order chi connectivity index (χ0) is 19.4. The standard InChI is InChI=1S/C20H19Cl2N3O2/c1-3-12(2)17(23-19(26)15-9-4-5-10-16(15)22)20-24-18(25-27-20)13-7-6-8-14(21)11-13/h4-12,17H,3H2,1-2H3,(H,23,26)/t12-,17+/m0/s1. The summed E-state index contributed by atoms with van der Waals surface area (Å²) < 4.78 is 5.46. The summed E-state index contributed by atoms with van der Waals surface area (Å²) in [6, 6.07) is 13.7. The number of hydrogen-bond donors (Lipinski definition) is 1. The van der Waals surface area contributed by atoms with E-state index in [1.54, 1.807) is 36.4 Å². The summed E-state index contributed by atoms with van der Waals surface area (Å²) in [6.07, 6.45) is 0.822. The molecule has 0 bridgehead atoms. The first-order valence-corrected chi connectivity index (χ1v) is 9.40. The summed E-state index contributed by atoms with van der Waals surface area (Å²) in [5.41, 5.74) is 1.15. The van der Waals surface area contributed by atoms with Gasteiger partial charge in [-0.1, -0.05) is 72.9 Å². The average molecular weight is 404 g/mol. The van der Waals surface area contributed by atoms with Crippen LogP contribution in [0, 0.1) is 5.92 Å². The normalized spacial score (nSPS) is 13.2. The van der Waals surface area contributed by atoms with Gasteiger partial charge in [-0.3, -0.25) is 4.79 Å². The molecule has 0 aliphatic carbocycles. The SMILES string of the molecule is CC[C@H](C)[C@@H](NC(=O)c1ccccc1Cl)c1nc(-c2cccc(Cl)c2)no1. The maximum absolute atomic E-state index is 12.7. The maximum Gasteiger partial charge on any atom is 0.253 e. The molecule has 2 aromatic carbocycles. The van der Waals surface area contributed by atoms with E-state index in [1.165, 1.54) is 0 Å². The van der Waals surface area contributed by atoms with E-state index in [0.717, 1.165) is 12.0 Å². The topological polar surface area (TPSA) is 68.0 Å². The fourth-order valence-electron chi connectivity index (χ4n) is 2.65. The third-order valence-electron chi connectivity index (χ3n) is 4.41. The van der Waals surface area contributed by atoms with Crippen LogP contribution >= 0.6 is 23.2 Å². The van der Waals surface area contributed by atoms with Crippen molar-refractivity contribution in [2.24, 2.45) is 5.92 Å². The number of carbonyl (C=O) groups is 1. The molecule has 7 heteroatoms. The quantitative estimate of drug-likeness (QED) is 0.584. The predicted octanol–water partition coefficient (Wildman–Crippen LogP) is 5.56. The first-order valence-electron chi connectivity index (χ1n) is 8.64. The van der Waals surface area contributed by atoms with E-state index < -0.39 is 6.04 Å². The summed E-state index contributed by atoms with van der Waals surface area (Å²) in [5, 5.41) is 7.99. The van der Waals surface area contributed by atoms with Crippen LogP contribution in [0.1, 0.15) is 42.6 Å². The highest BCUT2D eigenvalue weighted by atomic mass is 35.5. The van der Waals surface area contributed by atoms with Gasteiger partial charge in [0.25, 0.3) is 5.91 Å². The molecule has 0 saturated carbocycles. The molecular formula is C20H19Cl2N3O2. The minimum Gasteiger partial charge on any atom is -0.340 e. The van der Waals surface area contributed by atoms with Crippen molar-refractivity contribution >= 4 is 29.1 Å². The van der Waals surface area contributed by atoms with Crippen LogP contribution in [0.4, 0.5) is 0 Å². The number of carbonyl (C=O) groups excluding carboxylic acids is 1. The lowest BCUT2D eigenvalue weighted by atomic mass is 9.98. The number of nitrogens with one attached hydrogen (secondary N) is 1. The summed E-state index contributed by atoms with van der Waals surface area (Å²) >= 11 is 12.2. The Kier molecular flexibility index (Phi) is 6.14. The molecular weight excluding hydrogens is 385 g/mol. The van der Waals surface area contributed by atoms with Gasteiger partial charge in [0.1, 0.15) is 6.04 Å². The van der Waals surface area contributed by atoms with Gasteiger partial charge in [0.05, 0.1) is 10.6 Å². The van der Waals surface area contributed by atoms with Crippen molar-refractivity contribution in [1.29, 1.82) is 0 Å². The van der Waals surface area contributed by atoms with Gasteiger partial charge in [-0.05, 0) is 30.2 Å². The van der Waals surface area contributed by atoms with Gasteiger partial charge >= 0.3 is 0 Å². The number of aromatic nitrogens is 2. The number of halogens is 2. The Morgan fingerprint density at radius 2 is 1.96 bits per heavy atom. The van der Waals surface area contributed by atoms with Crippen molar-refractivity contribution < 1.29 is 9.32 Å². The lowest BCUT2D eigenvalue weighted by molar-refractivity contribution is 0.0910. The van der Waals surface area contributed by atoms with E-state index in [-0.39, 0.29) is 11.8 Å². The van der Waals surface area contributed by atoms with Gasteiger partial charge in [0.15, 0.2) is 0 Å². The molecule has 3 rings (SSSR count). The highest BCUT2D eigenvalue weighted by molar-refractivity contribution is 6.33. The van der Waals surface area contributed by atoms with Crippen LogP contribution in [0.5, 0.6) is 0 Å². The van der Waals surface area contributed by atoms with E-state index in [2.05, 4.69) is 15.5 Å². The molecule has 0 saturated heterocycles. The number of hydrogen-bond acceptors (Lipinski definition) is 4.